The summed E-state index contributed by atoms with van der Waals surface area (Å²) >= 11 is 3.51. The van der Waals surface area contributed by atoms with Crippen LogP contribution in [-0.2, 0) is 0 Å². The van der Waals surface area contributed by atoms with Crippen molar-refractivity contribution in [2.45, 2.75) is 0 Å². The number of benzene rings is 1. The monoisotopic (exact) mass is 303 g/mol. The molecule has 0 unspecified atom stereocenters. The maximum absolute atomic E-state index is 4.35. The quantitative estimate of drug-likeness (QED) is 0.791. The molecule has 1 aromatic carbocycles. The zero-order valence-corrected chi connectivity index (χ0v) is 11.2. The highest BCUT2D eigenvalue weighted by Crippen LogP contribution is 2.27. The number of hydrogen-bond donors (Lipinski definition) is 1. The van der Waals surface area contributed by atoms with Gasteiger partial charge in [0.25, 0.3) is 0 Å². The van der Waals surface area contributed by atoms with E-state index in [-0.39, 0.29) is 0 Å². The van der Waals surface area contributed by atoms with Gasteiger partial charge in [-0.1, -0.05) is 12.1 Å². The number of anilines is 1. The number of imidazole rings is 1. The Morgan fingerprint density at radius 3 is 2.83 bits per heavy atom. The van der Waals surface area contributed by atoms with Crippen LogP contribution in [0.4, 0.5) is 5.82 Å². The molecule has 2 heterocycles. The van der Waals surface area contributed by atoms with Gasteiger partial charge in [0.2, 0.25) is 0 Å². The van der Waals surface area contributed by atoms with Gasteiger partial charge < -0.3 is 5.32 Å². The third-order valence-corrected chi connectivity index (χ3v) is 3.42. The molecule has 3 rings (SSSR count). The van der Waals surface area contributed by atoms with E-state index in [4.69, 9.17) is 0 Å². The van der Waals surface area contributed by atoms with Gasteiger partial charge in [0.15, 0.2) is 5.82 Å². The lowest BCUT2D eigenvalue weighted by Gasteiger charge is -2.08. The van der Waals surface area contributed by atoms with Crippen molar-refractivity contribution in [3.05, 3.63) is 41.4 Å². The van der Waals surface area contributed by atoms with Crippen molar-refractivity contribution in [2.24, 2.45) is 0 Å². The summed E-state index contributed by atoms with van der Waals surface area (Å²) in [5, 5.41) is 3.01. The van der Waals surface area contributed by atoms with E-state index in [2.05, 4.69) is 36.2 Å². The summed E-state index contributed by atoms with van der Waals surface area (Å²) in [5.74, 6) is 1.51. The molecule has 0 saturated heterocycles. The Labute approximate surface area is 112 Å². The first-order chi connectivity index (χ1) is 8.81. The fourth-order valence-electron chi connectivity index (χ4n) is 1.83. The van der Waals surface area contributed by atoms with E-state index in [0.29, 0.717) is 0 Å². The van der Waals surface area contributed by atoms with Crippen molar-refractivity contribution < 1.29 is 0 Å². The Bertz CT molecular complexity index is 707. The number of halogens is 1. The van der Waals surface area contributed by atoms with Crippen molar-refractivity contribution >= 4 is 32.8 Å². The van der Waals surface area contributed by atoms with Crippen LogP contribution in [0, 0.1) is 0 Å². The average Bonchev–Trinajstić information content (AvgIpc) is 2.83. The Balaban J connectivity index is 2.26. The Kier molecular flexibility index (Phi) is 2.71. The first kappa shape index (κ1) is 11.2. The highest BCUT2D eigenvalue weighted by Gasteiger charge is 2.11. The summed E-state index contributed by atoms with van der Waals surface area (Å²) in [7, 11) is 1.82. The average molecular weight is 304 g/mol. The van der Waals surface area contributed by atoms with Gasteiger partial charge in [0, 0.05) is 7.05 Å². The molecule has 0 amide bonds. The van der Waals surface area contributed by atoms with Crippen molar-refractivity contribution in [1.82, 2.24) is 19.5 Å². The summed E-state index contributed by atoms with van der Waals surface area (Å²) in [6, 6.07) is 7.93. The third kappa shape index (κ3) is 1.65. The van der Waals surface area contributed by atoms with Crippen LogP contribution in [0.15, 0.2) is 41.4 Å². The number of nitrogens with zero attached hydrogens (tertiary/aromatic N) is 4. The zero-order chi connectivity index (χ0) is 12.5. The molecule has 0 saturated carbocycles. The van der Waals surface area contributed by atoms with E-state index in [0.717, 1.165) is 27.1 Å². The van der Waals surface area contributed by atoms with Gasteiger partial charge in [-0.2, -0.15) is 0 Å². The predicted molar refractivity (Wildman–Crippen MR) is 73.9 cm³/mol. The van der Waals surface area contributed by atoms with Crippen LogP contribution < -0.4 is 5.32 Å². The van der Waals surface area contributed by atoms with Gasteiger partial charge in [0.05, 0.1) is 11.0 Å². The van der Waals surface area contributed by atoms with Gasteiger partial charge in [-0.25, -0.2) is 15.0 Å². The molecule has 0 aliphatic heterocycles. The second-order valence-electron chi connectivity index (χ2n) is 3.71. The molecule has 2 aromatic heterocycles. The lowest BCUT2D eigenvalue weighted by atomic mass is 10.3. The standard InChI is InChI=1S/C12H10BrN5/c1-14-11-10(13)12(16-6-15-11)18-7-17-8-4-2-3-5-9(8)18/h2-7H,1H3,(H,14,15,16). The first-order valence-electron chi connectivity index (χ1n) is 5.42. The Morgan fingerprint density at radius 2 is 2.00 bits per heavy atom. The minimum absolute atomic E-state index is 0.748. The Hall–Kier alpha value is -1.95. The van der Waals surface area contributed by atoms with Crippen LogP contribution in [0.3, 0.4) is 0 Å². The van der Waals surface area contributed by atoms with E-state index >= 15 is 0 Å². The lowest BCUT2D eigenvalue weighted by molar-refractivity contribution is 0.984. The van der Waals surface area contributed by atoms with Gasteiger partial charge in [0.1, 0.15) is 22.9 Å². The fraction of sp³-hybridized carbons (Fsp3) is 0.0833. The number of hydrogen-bond acceptors (Lipinski definition) is 4. The number of nitrogens with one attached hydrogen (secondary N) is 1. The second-order valence-corrected chi connectivity index (χ2v) is 4.51. The highest BCUT2D eigenvalue weighted by molar-refractivity contribution is 9.10. The highest BCUT2D eigenvalue weighted by atomic mass is 79.9. The molecule has 0 atom stereocenters. The molecular formula is C12H10BrN5. The third-order valence-electron chi connectivity index (χ3n) is 2.69. The van der Waals surface area contributed by atoms with Crippen LogP contribution in [-0.4, -0.2) is 26.6 Å². The first-order valence-corrected chi connectivity index (χ1v) is 6.21. The summed E-state index contributed by atoms with van der Waals surface area (Å²) in [6.07, 6.45) is 3.29. The van der Waals surface area contributed by atoms with Gasteiger partial charge in [-0.3, -0.25) is 4.57 Å². The molecule has 0 aliphatic rings. The zero-order valence-electron chi connectivity index (χ0n) is 9.63. The topological polar surface area (TPSA) is 55.6 Å². The molecule has 0 radical (unpaired) electrons. The summed E-state index contributed by atoms with van der Waals surface area (Å²) < 4.78 is 2.75. The minimum Gasteiger partial charge on any atom is -0.372 e. The van der Waals surface area contributed by atoms with Gasteiger partial charge >= 0.3 is 0 Å². The van der Waals surface area contributed by atoms with E-state index < -0.39 is 0 Å². The van der Waals surface area contributed by atoms with Crippen LogP contribution in [0.25, 0.3) is 16.9 Å². The van der Waals surface area contributed by atoms with E-state index in [9.17, 15) is 0 Å². The van der Waals surface area contributed by atoms with Crippen LogP contribution in [0.5, 0.6) is 0 Å². The Morgan fingerprint density at radius 1 is 1.17 bits per heavy atom. The number of fused-ring (bicyclic) bond motifs is 1. The smallest absolute Gasteiger partial charge is 0.158 e. The van der Waals surface area contributed by atoms with E-state index in [1.54, 1.807) is 6.33 Å². The molecular weight excluding hydrogens is 294 g/mol. The maximum atomic E-state index is 4.35. The number of para-hydroxylation sites is 2. The summed E-state index contributed by atoms with van der Waals surface area (Å²) in [6.45, 7) is 0. The molecule has 5 nitrogen and oxygen atoms in total. The summed E-state index contributed by atoms with van der Waals surface area (Å²) in [5.41, 5.74) is 1.95. The SMILES string of the molecule is CNc1ncnc(-n2cnc3ccccc32)c1Br. The van der Waals surface area contributed by atoms with Crippen molar-refractivity contribution in [3.63, 3.8) is 0 Å². The second kappa shape index (κ2) is 4.38. The van der Waals surface area contributed by atoms with Crippen LogP contribution >= 0.6 is 15.9 Å². The van der Waals surface area contributed by atoms with E-state index in [1.165, 1.54) is 6.33 Å². The van der Waals surface area contributed by atoms with Crippen LogP contribution in [0.1, 0.15) is 0 Å². The minimum atomic E-state index is 0.748. The molecule has 3 aromatic rings. The molecule has 0 spiro atoms. The molecule has 1 N–H and O–H groups in total. The summed E-state index contributed by atoms with van der Waals surface area (Å²) in [4.78, 5) is 12.8. The lowest BCUT2D eigenvalue weighted by Crippen LogP contribution is -2.02. The van der Waals surface area contributed by atoms with Crippen molar-refractivity contribution in [3.8, 4) is 5.82 Å². The largest absolute Gasteiger partial charge is 0.372 e. The molecule has 6 heteroatoms. The molecule has 0 aliphatic carbocycles. The fourth-order valence-corrected chi connectivity index (χ4v) is 2.42. The normalized spacial score (nSPS) is 10.8. The molecule has 18 heavy (non-hydrogen) atoms. The van der Waals surface area contributed by atoms with Gasteiger partial charge in [-0.15, -0.1) is 0 Å². The molecule has 0 fully saturated rings. The van der Waals surface area contributed by atoms with Crippen LogP contribution in [0.2, 0.25) is 0 Å². The molecule has 0 bridgehead atoms. The maximum Gasteiger partial charge on any atom is 0.158 e. The van der Waals surface area contributed by atoms with Crippen molar-refractivity contribution in [1.29, 1.82) is 0 Å². The number of aromatic nitrogens is 4. The number of rotatable bonds is 2. The van der Waals surface area contributed by atoms with E-state index in [1.807, 2.05) is 35.9 Å². The van der Waals surface area contributed by atoms with Gasteiger partial charge in [-0.05, 0) is 28.1 Å². The predicted octanol–water partition coefficient (Wildman–Crippen LogP) is 2.62. The van der Waals surface area contributed by atoms with Crippen molar-refractivity contribution in [2.75, 3.05) is 12.4 Å². The molecule has 90 valence electrons.